The lowest BCUT2D eigenvalue weighted by Crippen LogP contribution is -2.57. The van der Waals surface area contributed by atoms with E-state index in [1.807, 2.05) is 18.2 Å². The Kier molecular flexibility index (Phi) is 4.59. The highest BCUT2D eigenvalue weighted by atomic mass is 16.6. The molecule has 3 saturated carbocycles. The van der Waals surface area contributed by atoms with Crippen molar-refractivity contribution in [3.63, 3.8) is 0 Å². The van der Waals surface area contributed by atoms with Crippen LogP contribution in [0.1, 0.15) is 57.4 Å². The third kappa shape index (κ3) is 2.31. The maximum absolute atomic E-state index is 13.8. The first kappa shape index (κ1) is 18.9. The van der Waals surface area contributed by atoms with Crippen molar-refractivity contribution in [3.8, 4) is 0 Å². The minimum atomic E-state index is -1.41. The number of carbonyl (C=O) groups excluding carboxylic acids is 1. The number of rotatable bonds is 6. The van der Waals surface area contributed by atoms with Crippen molar-refractivity contribution in [3.05, 3.63) is 48.0 Å². The molecule has 0 unspecified atom stereocenters. The largest absolute Gasteiger partial charge is 0.364 e. The van der Waals surface area contributed by atoms with Gasteiger partial charge in [0.1, 0.15) is 5.78 Å². The number of methoxy groups -OCH3 is 1. The Morgan fingerprint density at radius 3 is 2.52 bits per heavy atom. The van der Waals surface area contributed by atoms with E-state index in [4.69, 9.17) is 4.74 Å². The second-order valence-electron chi connectivity index (χ2n) is 9.01. The molecule has 1 aromatic rings. The van der Waals surface area contributed by atoms with Gasteiger partial charge in [-0.25, -0.2) is 0 Å². The summed E-state index contributed by atoms with van der Waals surface area (Å²) < 4.78 is 5.76. The van der Waals surface area contributed by atoms with Gasteiger partial charge < -0.3 is 9.84 Å². The standard InChI is InChI=1S/C24H32O3/c1-17-20-15-16-23(24(20,26)27-3,22(17,2)19-11-7-8-12-19)21(25)14-13-18-9-5-4-6-10-18/h4-6,9-10,19-20,26H,1,7-8,11-16H2,2-3H3/t20-,22+,23-,24-/m1/s1. The summed E-state index contributed by atoms with van der Waals surface area (Å²) in [6.45, 7) is 6.63. The lowest BCUT2D eigenvalue weighted by Gasteiger charge is -2.50. The summed E-state index contributed by atoms with van der Waals surface area (Å²) in [5.74, 6) is -0.965. The molecule has 0 aromatic heterocycles. The second-order valence-corrected chi connectivity index (χ2v) is 9.01. The molecule has 3 heteroatoms. The highest BCUT2D eigenvalue weighted by molar-refractivity contribution is 5.89. The van der Waals surface area contributed by atoms with Crippen molar-refractivity contribution >= 4 is 5.78 Å². The molecular weight excluding hydrogens is 336 g/mol. The average Bonchev–Trinajstić information content (AvgIpc) is 3.36. The van der Waals surface area contributed by atoms with Crippen molar-refractivity contribution in [1.29, 1.82) is 0 Å². The lowest BCUT2D eigenvalue weighted by molar-refractivity contribution is -0.257. The summed E-state index contributed by atoms with van der Waals surface area (Å²) in [7, 11) is 1.56. The van der Waals surface area contributed by atoms with E-state index in [2.05, 4.69) is 25.6 Å². The summed E-state index contributed by atoms with van der Waals surface area (Å²) in [6.07, 6.45) is 7.31. The number of ether oxygens (including phenoxy) is 1. The van der Waals surface area contributed by atoms with E-state index >= 15 is 0 Å². The van der Waals surface area contributed by atoms with Gasteiger partial charge >= 0.3 is 0 Å². The molecule has 146 valence electrons. The molecule has 0 aliphatic heterocycles. The van der Waals surface area contributed by atoms with Crippen molar-refractivity contribution in [2.24, 2.45) is 22.7 Å². The van der Waals surface area contributed by atoms with Crippen molar-refractivity contribution in [1.82, 2.24) is 0 Å². The van der Waals surface area contributed by atoms with Crippen molar-refractivity contribution in [2.45, 2.75) is 64.1 Å². The normalized spacial score (nSPS) is 38.6. The van der Waals surface area contributed by atoms with Crippen LogP contribution in [0.5, 0.6) is 0 Å². The fourth-order valence-corrected chi connectivity index (χ4v) is 6.89. The maximum Gasteiger partial charge on any atom is 0.185 e. The van der Waals surface area contributed by atoms with Gasteiger partial charge in [0, 0.05) is 24.9 Å². The first-order valence-corrected chi connectivity index (χ1v) is 10.5. The predicted molar refractivity (Wildman–Crippen MR) is 106 cm³/mol. The number of ketones is 1. The quantitative estimate of drug-likeness (QED) is 0.585. The number of aliphatic hydroxyl groups is 1. The molecule has 0 heterocycles. The van der Waals surface area contributed by atoms with Gasteiger partial charge in [0.15, 0.2) is 5.79 Å². The number of Topliss-reactive ketones (excluding diaryl/α,β-unsaturated/α-hetero) is 1. The molecule has 4 rings (SSSR count). The summed E-state index contributed by atoms with van der Waals surface area (Å²) in [5.41, 5.74) is 0.987. The minimum absolute atomic E-state index is 0.131. The molecule has 0 amide bonds. The Balaban J connectivity index is 1.72. The molecule has 2 bridgehead atoms. The van der Waals surface area contributed by atoms with Gasteiger partial charge in [0.05, 0.1) is 5.41 Å². The van der Waals surface area contributed by atoms with Gasteiger partial charge in [-0.3, -0.25) is 4.79 Å². The van der Waals surface area contributed by atoms with Crippen LogP contribution in [0.3, 0.4) is 0 Å². The van der Waals surface area contributed by atoms with E-state index in [-0.39, 0.29) is 17.1 Å². The number of aryl methyl sites for hydroxylation is 1. The highest BCUT2D eigenvalue weighted by Gasteiger charge is 2.79. The Bertz CT molecular complexity index is 735. The van der Waals surface area contributed by atoms with Crippen LogP contribution in [-0.2, 0) is 16.0 Å². The van der Waals surface area contributed by atoms with E-state index in [9.17, 15) is 9.90 Å². The molecule has 3 fully saturated rings. The summed E-state index contributed by atoms with van der Waals surface area (Å²) in [5, 5.41) is 11.7. The molecule has 3 aliphatic rings. The fraction of sp³-hybridized carbons (Fsp3) is 0.625. The molecule has 0 radical (unpaired) electrons. The van der Waals surface area contributed by atoms with Crippen LogP contribution in [-0.4, -0.2) is 23.8 Å². The van der Waals surface area contributed by atoms with E-state index in [1.165, 1.54) is 12.8 Å². The lowest BCUT2D eigenvalue weighted by atomic mass is 9.53. The minimum Gasteiger partial charge on any atom is -0.364 e. The number of fused-ring (bicyclic) bond motifs is 2. The fourth-order valence-electron chi connectivity index (χ4n) is 6.89. The van der Waals surface area contributed by atoms with Crippen LogP contribution in [0.2, 0.25) is 0 Å². The number of benzene rings is 1. The zero-order valence-corrected chi connectivity index (χ0v) is 16.7. The Morgan fingerprint density at radius 1 is 1.22 bits per heavy atom. The van der Waals surface area contributed by atoms with Crippen LogP contribution in [0, 0.1) is 22.7 Å². The first-order chi connectivity index (χ1) is 12.9. The summed E-state index contributed by atoms with van der Waals surface area (Å²) in [4.78, 5) is 13.8. The van der Waals surface area contributed by atoms with Crippen LogP contribution >= 0.6 is 0 Å². The van der Waals surface area contributed by atoms with E-state index in [0.29, 0.717) is 25.2 Å². The molecule has 1 aromatic carbocycles. The zero-order valence-electron chi connectivity index (χ0n) is 16.7. The van der Waals surface area contributed by atoms with Gasteiger partial charge in [0.25, 0.3) is 0 Å². The Morgan fingerprint density at radius 2 is 1.89 bits per heavy atom. The molecular formula is C24H32O3. The third-order valence-electron chi connectivity index (χ3n) is 8.31. The second kappa shape index (κ2) is 6.56. The number of carbonyl (C=O) groups is 1. The average molecular weight is 369 g/mol. The molecule has 4 atom stereocenters. The van der Waals surface area contributed by atoms with Gasteiger partial charge in [0.2, 0.25) is 0 Å². The van der Waals surface area contributed by atoms with Crippen molar-refractivity contribution < 1.29 is 14.6 Å². The van der Waals surface area contributed by atoms with E-state index in [1.54, 1.807) is 7.11 Å². The van der Waals surface area contributed by atoms with Crippen LogP contribution in [0.25, 0.3) is 0 Å². The highest BCUT2D eigenvalue weighted by Crippen LogP contribution is 2.75. The Hall–Kier alpha value is -1.45. The Labute approximate surface area is 162 Å². The van der Waals surface area contributed by atoms with Crippen LogP contribution in [0.15, 0.2) is 42.5 Å². The smallest absolute Gasteiger partial charge is 0.185 e. The molecule has 3 nitrogen and oxygen atoms in total. The van der Waals surface area contributed by atoms with Gasteiger partial charge in [-0.15, -0.1) is 0 Å². The van der Waals surface area contributed by atoms with Crippen LogP contribution < -0.4 is 0 Å². The van der Waals surface area contributed by atoms with Crippen molar-refractivity contribution in [2.75, 3.05) is 7.11 Å². The topological polar surface area (TPSA) is 46.5 Å². The third-order valence-corrected chi connectivity index (χ3v) is 8.31. The van der Waals surface area contributed by atoms with E-state index < -0.39 is 11.2 Å². The predicted octanol–water partition coefficient (Wildman–Crippen LogP) is 4.69. The van der Waals surface area contributed by atoms with Gasteiger partial charge in [-0.2, -0.15) is 0 Å². The van der Waals surface area contributed by atoms with Crippen LogP contribution in [0.4, 0.5) is 0 Å². The van der Waals surface area contributed by atoms with Gasteiger partial charge in [-0.1, -0.05) is 62.2 Å². The van der Waals surface area contributed by atoms with E-state index in [0.717, 1.165) is 30.4 Å². The molecule has 0 spiro atoms. The summed E-state index contributed by atoms with van der Waals surface area (Å²) >= 11 is 0. The molecule has 27 heavy (non-hydrogen) atoms. The monoisotopic (exact) mass is 368 g/mol. The number of hydrogen-bond donors (Lipinski definition) is 1. The first-order valence-electron chi connectivity index (χ1n) is 10.5. The summed E-state index contributed by atoms with van der Waals surface area (Å²) in [6, 6.07) is 10.1. The van der Waals surface area contributed by atoms with Gasteiger partial charge in [-0.05, 0) is 43.6 Å². The number of hydrogen-bond acceptors (Lipinski definition) is 3. The molecule has 0 saturated heterocycles. The maximum atomic E-state index is 13.8. The molecule has 1 N–H and O–H groups in total. The molecule has 3 aliphatic carbocycles. The zero-order chi connectivity index (χ0) is 19.3. The SMILES string of the molecule is C=C1[C@H]2CC[C@@](C(=O)CCc3ccccc3)([C@]1(C)C1CCCC1)[C@]2(O)OC.